The average Bonchev–Trinajstić information content (AvgIpc) is 2.47. The first-order valence-corrected chi connectivity index (χ1v) is 8.04. The molecule has 2 nitrogen and oxygen atoms in total. The quantitative estimate of drug-likeness (QED) is 0.804. The van der Waals surface area contributed by atoms with Crippen LogP contribution in [0.5, 0.6) is 5.75 Å². The fourth-order valence-electron chi connectivity index (χ4n) is 2.18. The van der Waals surface area contributed by atoms with E-state index in [1.165, 1.54) is 11.1 Å². The molecule has 0 unspecified atom stereocenters. The Kier molecular flexibility index (Phi) is 5.83. The minimum atomic E-state index is 0.564. The molecule has 0 amide bonds. The molecule has 112 valence electrons. The number of hydrogen-bond acceptors (Lipinski definition) is 2. The SMILES string of the molecule is CNCc1cc(Br)ccc1OCc1ccc(C(C)C)cc1. The molecule has 0 radical (unpaired) electrons. The molecule has 2 aromatic rings. The largest absolute Gasteiger partial charge is 0.489 e. The van der Waals surface area contributed by atoms with Crippen molar-refractivity contribution in [3.8, 4) is 5.75 Å². The van der Waals surface area contributed by atoms with Crippen molar-refractivity contribution in [2.24, 2.45) is 0 Å². The fraction of sp³-hybridized carbons (Fsp3) is 0.333. The number of ether oxygens (including phenoxy) is 1. The lowest BCUT2D eigenvalue weighted by Gasteiger charge is -2.12. The van der Waals surface area contributed by atoms with Gasteiger partial charge in [0.05, 0.1) is 0 Å². The van der Waals surface area contributed by atoms with Crippen LogP contribution in [-0.4, -0.2) is 7.05 Å². The topological polar surface area (TPSA) is 21.3 Å². The van der Waals surface area contributed by atoms with Crippen LogP contribution in [0.4, 0.5) is 0 Å². The summed E-state index contributed by atoms with van der Waals surface area (Å²) in [6, 6.07) is 14.8. The molecular formula is C18H22BrNO. The Morgan fingerprint density at radius 3 is 2.43 bits per heavy atom. The lowest BCUT2D eigenvalue weighted by Crippen LogP contribution is -2.07. The van der Waals surface area contributed by atoms with Gasteiger partial charge in [0.2, 0.25) is 0 Å². The highest BCUT2D eigenvalue weighted by atomic mass is 79.9. The van der Waals surface area contributed by atoms with E-state index in [1.807, 2.05) is 19.2 Å². The predicted molar refractivity (Wildman–Crippen MR) is 91.8 cm³/mol. The zero-order valence-corrected chi connectivity index (χ0v) is 14.4. The van der Waals surface area contributed by atoms with E-state index in [0.29, 0.717) is 12.5 Å². The summed E-state index contributed by atoms with van der Waals surface area (Å²) in [4.78, 5) is 0. The van der Waals surface area contributed by atoms with E-state index in [9.17, 15) is 0 Å². The molecule has 21 heavy (non-hydrogen) atoms. The summed E-state index contributed by atoms with van der Waals surface area (Å²) in [5, 5.41) is 3.17. The van der Waals surface area contributed by atoms with Gasteiger partial charge in [-0.2, -0.15) is 0 Å². The first-order valence-electron chi connectivity index (χ1n) is 7.25. The van der Waals surface area contributed by atoms with E-state index >= 15 is 0 Å². The van der Waals surface area contributed by atoms with E-state index in [0.717, 1.165) is 22.3 Å². The lowest BCUT2D eigenvalue weighted by molar-refractivity contribution is 0.302. The van der Waals surface area contributed by atoms with E-state index in [1.54, 1.807) is 0 Å². The van der Waals surface area contributed by atoms with Crippen molar-refractivity contribution in [2.75, 3.05) is 7.05 Å². The molecule has 0 aliphatic rings. The van der Waals surface area contributed by atoms with E-state index in [-0.39, 0.29) is 0 Å². The summed E-state index contributed by atoms with van der Waals surface area (Å²) in [6.07, 6.45) is 0. The first kappa shape index (κ1) is 16.1. The molecule has 0 aromatic heterocycles. The molecule has 0 fully saturated rings. The van der Waals surface area contributed by atoms with Gasteiger partial charge in [-0.1, -0.05) is 54.0 Å². The average molecular weight is 348 g/mol. The van der Waals surface area contributed by atoms with Gasteiger partial charge in [-0.3, -0.25) is 0 Å². The van der Waals surface area contributed by atoms with Crippen LogP contribution in [0.3, 0.4) is 0 Å². The van der Waals surface area contributed by atoms with Gasteiger partial charge in [0, 0.05) is 16.6 Å². The molecule has 0 atom stereocenters. The molecule has 0 heterocycles. The molecular weight excluding hydrogens is 326 g/mol. The van der Waals surface area contributed by atoms with Crippen LogP contribution in [0.2, 0.25) is 0 Å². The number of nitrogens with one attached hydrogen (secondary N) is 1. The summed E-state index contributed by atoms with van der Waals surface area (Å²) in [5.41, 5.74) is 3.71. The van der Waals surface area contributed by atoms with Gasteiger partial charge in [-0.15, -0.1) is 0 Å². The van der Waals surface area contributed by atoms with Gasteiger partial charge in [0.25, 0.3) is 0 Å². The van der Waals surface area contributed by atoms with Crippen molar-refractivity contribution in [3.63, 3.8) is 0 Å². The Bertz CT molecular complexity index is 578. The molecule has 2 aromatic carbocycles. The number of rotatable bonds is 6. The Morgan fingerprint density at radius 2 is 1.81 bits per heavy atom. The molecule has 0 aliphatic carbocycles. The maximum absolute atomic E-state index is 5.97. The monoisotopic (exact) mass is 347 g/mol. The van der Waals surface area contributed by atoms with Crippen LogP contribution in [0.25, 0.3) is 0 Å². The van der Waals surface area contributed by atoms with Crippen LogP contribution in [0.1, 0.15) is 36.5 Å². The molecule has 0 bridgehead atoms. The summed E-state index contributed by atoms with van der Waals surface area (Å²) in [6.45, 7) is 5.80. The normalized spacial score (nSPS) is 10.9. The predicted octanol–water partition coefficient (Wildman–Crippen LogP) is 4.87. The first-order chi connectivity index (χ1) is 10.1. The van der Waals surface area contributed by atoms with Crippen molar-refractivity contribution in [3.05, 3.63) is 63.6 Å². The van der Waals surface area contributed by atoms with Crippen molar-refractivity contribution in [2.45, 2.75) is 32.9 Å². The zero-order chi connectivity index (χ0) is 15.2. The summed E-state index contributed by atoms with van der Waals surface area (Å²) in [7, 11) is 1.94. The minimum Gasteiger partial charge on any atom is -0.489 e. The molecule has 0 saturated carbocycles. The summed E-state index contributed by atoms with van der Waals surface area (Å²) in [5.74, 6) is 1.49. The Balaban J connectivity index is 2.05. The zero-order valence-electron chi connectivity index (χ0n) is 12.8. The fourth-order valence-corrected chi connectivity index (χ4v) is 2.59. The van der Waals surface area contributed by atoms with E-state index < -0.39 is 0 Å². The van der Waals surface area contributed by atoms with Crippen molar-refractivity contribution in [1.82, 2.24) is 5.32 Å². The highest BCUT2D eigenvalue weighted by Crippen LogP contribution is 2.24. The summed E-state index contributed by atoms with van der Waals surface area (Å²) < 4.78 is 7.04. The molecule has 3 heteroatoms. The second-order valence-corrected chi connectivity index (χ2v) is 6.38. The highest BCUT2D eigenvalue weighted by Gasteiger charge is 2.05. The number of hydrogen-bond donors (Lipinski definition) is 1. The van der Waals surface area contributed by atoms with Gasteiger partial charge in [0.1, 0.15) is 12.4 Å². The molecule has 0 saturated heterocycles. The van der Waals surface area contributed by atoms with Crippen molar-refractivity contribution in [1.29, 1.82) is 0 Å². The van der Waals surface area contributed by atoms with Gasteiger partial charge < -0.3 is 10.1 Å². The maximum atomic E-state index is 5.97. The number of halogens is 1. The second-order valence-electron chi connectivity index (χ2n) is 5.47. The van der Waals surface area contributed by atoms with E-state index in [2.05, 4.69) is 65.4 Å². The van der Waals surface area contributed by atoms with Crippen LogP contribution in [0, 0.1) is 0 Å². The van der Waals surface area contributed by atoms with Gasteiger partial charge in [0.15, 0.2) is 0 Å². The Labute approximate surface area is 135 Å². The third-order valence-electron chi connectivity index (χ3n) is 3.43. The van der Waals surface area contributed by atoms with Crippen molar-refractivity contribution >= 4 is 15.9 Å². The van der Waals surface area contributed by atoms with Crippen LogP contribution in [0.15, 0.2) is 46.9 Å². The third-order valence-corrected chi connectivity index (χ3v) is 3.92. The van der Waals surface area contributed by atoms with Gasteiger partial charge in [-0.05, 0) is 42.3 Å². The maximum Gasteiger partial charge on any atom is 0.124 e. The van der Waals surface area contributed by atoms with E-state index in [4.69, 9.17) is 4.74 Å². The lowest BCUT2D eigenvalue weighted by atomic mass is 10.0. The van der Waals surface area contributed by atoms with Gasteiger partial charge >= 0.3 is 0 Å². The standard InChI is InChI=1S/C18H22BrNO/c1-13(2)15-6-4-14(5-7-15)12-21-18-9-8-17(19)10-16(18)11-20-3/h4-10,13,20H,11-12H2,1-3H3. The van der Waals surface area contributed by atoms with Crippen LogP contribution >= 0.6 is 15.9 Å². The molecule has 0 aliphatic heterocycles. The highest BCUT2D eigenvalue weighted by molar-refractivity contribution is 9.10. The minimum absolute atomic E-state index is 0.564. The smallest absolute Gasteiger partial charge is 0.124 e. The third kappa shape index (κ3) is 4.58. The second kappa shape index (κ2) is 7.62. The molecule has 1 N–H and O–H groups in total. The van der Waals surface area contributed by atoms with Crippen molar-refractivity contribution < 1.29 is 4.74 Å². The number of benzene rings is 2. The van der Waals surface area contributed by atoms with Crippen LogP contribution < -0.4 is 10.1 Å². The Morgan fingerprint density at radius 1 is 1.10 bits per heavy atom. The Hall–Kier alpha value is -1.32. The molecule has 2 rings (SSSR count). The van der Waals surface area contributed by atoms with Crippen LogP contribution in [-0.2, 0) is 13.2 Å². The summed E-state index contributed by atoms with van der Waals surface area (Å²) >= 11 is 3.50. The van der Waals surface area contributed by atoms with Gasteiger partial charge in [-0.25, -0.2) is 0 Å². The molecule has 0 spiro atoms.